The number of fused-ring (bicyclic) bond motifs is 1. The number of carboxylic acid groups (broad SMARTS) is 1. The SMILES string of the molecule is C=CCOC(=O)N1CC(C=C(C)C2=C(C(=O)O)N3C(=O)[C@H]([C@@H](C)O)[C@H]3C2)C1. The smallest absolute Gasteiger partial charge is 0.410 e. The molecule has 2 N–H and O–H groups in total. The predicted octanol–water partition coefficient (Wildman–Crippen LogP) is 1.14. The maximum Gasteiger partial charge on any atom is 0.410 e. The number of aliphatic hydroxyl groups excluding tert-OH is 1. The van der Waals surface area contributed by atoms with Crippen LogP contribution in [0, 0.1) is 11.8 Å². The molecule has 146 valence electrons. The second-order valence-electron chi connectivity index (χ2n) is 7.26. The lowest BCUT2D eigenvalue weighted by Crippen LogP contribution is -2.61. The number of ether oxygens (including phenoxy) is 1. The van der Waals surface area contributed by atoms with Gasteiger partial charge in [0.25, 0.3) is 0 Å². The summed E-state index contributed by atoms with van der Waals surface area (Å²) in [5, 5.41) is 19.4. The summed E-state index contributed by atoms with van der Waals surface area (Å²) in [6.45, 7) is 8.04. The zero-order valence-electron chi connectivity index (χ0n) is 15.4. The normalized spacial score (nSPS) is 26.3. The predicted molar refractivity (Wildman–Crippen MR) is 95.4 cm³/mol. The van der Waals surface area contributed by atoms with Crippen molar-refractivity contribution in [3.63, 3.8) is 0 Å². The van der Waals surface area contributed by atoms with E-state index in [1.807, 2.05) is 13.0 Å². The Balaban J connectivity index is 1.70. The Kier molecular flexibility index (Phi) is 5.10. The first kappa shape index (κ1) is 19.2. The molecular formula is C19H24N2O6. The van der Waals surface area contributed by atoms with E-state index in [4.69, 9.17) is 4.74 Å². The molecule has 8 heteroatoms. The number of aliphatic carboxylic acids is 1. The number of likely N-dealkylation sites (tertiary alicyclic amines) is 1. The molecule has 8 nitrogen and oxygen atoms in total. The van der Waals surface area contributed by atoms with E-state index in [1.165, 1.54) is 11.0 Å². The molecule has 2 fully saturated rings. The number of carboxylic acids is 1. The van der Waals surface area contributed by atoms with Crippen LogP contribution in [-0.2, 0) is 14.3 Å². The van der Waals surface area contributed by atoms with Gasteiger partial charge in [-0.05, 0) is 31.4 Å². The third kappa shape index (κ3) is 3.25. The largest absolute Gasteiger partial charge is 0.477 e. The number of allylic oxidation sites excluding steroid dienone is 1. The first-order valence-electron chi connectivity index (χ1n) is 8.95. The van der Waals surface area contributed by atoms with Gasteiger partial charge in [-0.3, -0.25) is 4.79 Å². The van der Waals surface area contributed by atoms with Crippen LogP contribution < -0.4 is 0 Å². The van der Waals surface area contributed by atoms with Crippen molar-refractivity contribution < 1.29 is 29.3 Å². The fraction of sp³-hybridized carbons (Fsp3) is 0.526. The standard InChI is InChI=1S/C19H24N2O6/c1-4-5-27-19(26)20-8-12(9-20)6-10(2)13-7-14-15(11(3)22)17(23)21(14)16(13)18(24)25/h4,6,11-12,14-15,22H,1,5,7-9H2,2-3H3,(H,24,25)/t11-,14-,15-/m1/s1. The Morgan fingerprint density at radius 1 is 1.41 bits per heavy atom. The second-order valence-corrected chi connectivity index (χ2v) is 7.26. The van der Waals surface area contributed by atoms with Crippen molar-refractivity contribution in [1.29, 1.82) is 0 Å². The van der Waals surface area contributed by atoms with Gasteiger partial charge in [0, 0.05) is 19.0 Å². The molecule has 0 unspecified atom stereocenters. The van der Waals surface area contributed by atoms with E-state index in [-0.39, 0.29) is 30.2 Å². The van der Waals surface area contributed by atoms with E-state index < -0.39 is 24.1 Å². The number of rotatable bonds is 6. The van der Waals surface area contributed by atoms with Gasteiger partial charge in [-0.15, -0.1) is 0 Å². The molecule has 2 amide bonds. The van der Waals surface area contributed by atoms with E-state index in [0.717, 1.165) is 5.57 Å². The molecule has 3 atom stereocenters. The fourth-order valence-corrected chi connectivity index (χ4v) is 4.06. The van der Waals surface area contributed by atoms with E-state index in [0.29, 0.717) is 25.1 Å². The summed E-state index contributed by atoms with van der Waals surface area (Å²) in [5.74, 6) is -1.92. The minimum Gasteiger partial charge on any atom is -0.477 e. The van der Waals surface area contributed by atoms with Crippen LogP contribution in [0.3, 0.4) is 0 Å². The molecule has 3 aliphatic rings. The summed E-state index contributed by atoms with van der Waals surface area (Å²) >= 11 is 0. The number of hydrogen-bond acceptors (Lipinski definition) is 5. The summed E-state index contributed by atoms with van der Waals surface area (Å²) in [6.07, 6.45) is 2.68. The monoisotopic (exact) mass is 376 g/mol. The van der Waals surface area contributed by atoms with Crippen molar-refractivity contribution in [1.82, 2.24) is 9.80 Å². The number of carbonyl (C=O) groups is 3. The van der Waals surface area contributed by atoms with Crippen molar-refractivity contribution in [2.45, 2.75) is 32.4 Å². The van der Waals surface area contributed by atoms with E-state index in [2.05, 4.69) is 6.58 Å². The molecule has 0 bridgehead atoms. The highest BCUT2D eigenvalue weighted by atomic mass is 16.6. The zero-order chi connectivity index (χ0) is 19.9. The Bertz CT molecular complexity index is 747. The van der Waals surface area contributed by atoms with Gasteiger partial charge in [0.1, 0.15) is 12.3 Å². The average molecular weight is 376 g/mol. The third-order valence-electron chi connectivity index (χ3n) is 5.39. The van der Waals surface area contributed by atoms with Crippen LogP contribution in [0.25, 0.3) is 0 Å². The molecule has 0 aliphatic carbocycles. The highest BCUT2D eigenvalue weighted by Gasteiger charge is 2.56. The van der Waals surface area contributed by atoms with E-state index >= 15 is 0 Å². The molecule has 0 aromatic carbocycles. The lowest BCUT2D eigenvalue weighted by molar-refractivity contribution is -0.161. The first-order chi connectivity index (χ1) is 12.8. The van der Waals surface area contributed by atoms with Crippen molar-refractivity contribution in [2.75, 3.05) is 19.7 Å². The molecule has 27 heavy (non-hydrogen) atoms. The molecule has 0 spiro atoms. The lowest BCUT2D eigenvalue weighted by atomic mass is 9.82. The molecule has 3 heterocycles. The number of nitrogens with zero attached hydrogens (tertiary/aromatic N) is 2. The van der Waals surface area contributed by atoms with Gasteiger partial charge in [-0.1, -0.05) is 18.7 Å². The number of aliphatic hydroxyl groups is 1. The maximum absolute atomic E-state index is 12.2. The van der Waals surface area contributed by atoms with Crippen molar-refractivity contribution in [3.8, 4) is 0 Å². The Hall–Kier alpha value is -2.61. The van der Waals surface area contributed by atoms with E-state index in [9.17, 15) is 24.6 Å². The molecule has 0 aromatic heterocycles. The van der Waals surface area contributed by atoms with Gasteiger partial charge in [-0.25, -0.2) is 9.59 Å². The quantitative estimate of drug-likeness (QED) is 0.532. The summed E-state index contributed by atoms with van der Waals surface area (Å²) in [6, 6.07) is -0.297. The number of hydrogen-bond donors (Lipinski definition) is 2. The van der Waals surface area contributed by atoms with Gasteiger partial charge in [0.2, 0.25) is 5.91 Å². The van der Waals surface area contributed by atoms with Gasteiger partial charge < -0.3 is 24.7 Å². The summed E-state index contributed by atoms with van der Waals surface area (Å²) in [7, 11) is 0. The van der Waals surface area contributed by atoms with Crippen LogP contribution in [-0.4, -0.2) is 69.8 Å². The first-order valence-corrected chi connectivity index (χ1v) is 8.95. The van der Waals surface area contributed by atoms with Gasteiger partial charge in [-0.2, -0.15) is 0 Å². The van der Waals surface area contributed by atoms with E-state index in [1.54, 1.807) is 11.8 Å². The molecule has 3 aliphatic heterocycles. The van der Waals surface area contributed by atoms with Crippen LogP contribution in [0.2, 0.25) is 0 Å². The van der Waals surface area contributed by atoms with Gasteiger partial charge in [0.05, 0.1) is 18.1 Å². The molecule has 0 aromatic rings. The minimum absolute atomic E-state index is 0.0113. The van der Waals surface area contributed by atoms with Crippen LogP contribution in [0.4, 0.5) is 4.79 Å². The number of β-lactam (4-membered cyclic amide) rings is 1. The highest BCUT2D eigenvalue weighted by Crippen LogP contribution is 2.45. The van der Waals surface area contributed by atoms with Crippen molar-refractivity contribution >= 4 is 18.0 Å². The Labute approximate surface area is 157 Å². The Morgan fingerprint density at radius 3 is 2.63 bits per heavy atom. The van der Waals surface area contributed by atoms with Crippen LogP contribution in [0.1, 0.15) is 20.3 Å². The average Bonchev–Trinajstić information content (AvgIpc) is 2.90. The van der Waals surface area contributed by atoms with Gasteiger partial charge >= 0.3 is 12.1 Å². The molecular weight excluding hydrogens is 352 g/mol. The molecule has 0 saturated carbocycles. The third-order valence-corrected chi connectivity index (χ3v) is 5.39. The van der Waals surface area contributed by atoms with Gasteiger partial charge in [0.15, 0.2) is 0 Å². The van der Waals surface area contributed by atoms with Crippen LogP contribution >= 0.6 is 0 Å². The second kappa shape index (κ2) is 7.19. The molecule has 0 radical (unpaired) electrons. The van der Waals surface area contributed by atoms with Crippen molar-refractivity contribution in [2.24, 2.45) is 11.8 Å². The number of amides is 2. The summed E-state index contributed by atoms with van der Waals surface area (Å²) in [5.41, 5.74) is 1.43. The Morgan fingerprint density at radius 2 is 2.07 bits per heavy atom. The summed E-state index contributed by atoms with van der Waals surface area (Å²) in [4.78, 5) is 38.6. The highest BCUT2D eigenvalue weighted by molar-refractivity contribution is 6.00. The van der Waals surface area contributed by atoms with Crippen molar-refractivity contribution in [3.05, 3.63) is 35.6 Å². The minimum atomic E-state index is -1.14. The van der Waals surface area contributed by atoms with Crippen LogP contribution in [0.15, 0.2) is 35.6 Å². The zero-order valence-corrected chi connectivity index (χ0v) is 15.4. The maximum atomic E-state index is 12.2. The number of carbonyl (C=O) groups excluding carboxylic acids is 2. The topological polar surface area (TPSA) is 107 Å². The van der Waals surface area contributed by atoms with Crippen LogP contribution in [0.5, 0.6) is 0 Å². The lowest BCUT2D eigenvalue weighted by Gasteiger charge is -2.44. The fourth-order valence-electron chi connectivity index (χ4n) is 4.06. The molecule has 2 saturated heterocycles. The summed E-state index contributed by atoms with van der Waals surface area (Å²) < 4.78 is 4.97. The molecule has 3 rings (SSSR count).